The Morgan fingerprint density at radius 2 is 2.10 bits per heavy atom. The molecule has 0 bridgehead atoms. The standard InChI is InChI=1S/C16H21NO3/c1-12-4-2-3-5-14(12)6-7-15(18)17-9-8-13(11-17)10-16(19)20/h2-5,13H,6-11H2,1H3,(H,19,20). The minimum Gasteiger partial charge on any atom is -0.481 e. The molecule has 1 aliphatic heterocycles. The molecule has 2 rings (SSSR count). The normalized spacial score (nSPS) is 18.2. The zero-order valence-corrected chi connectivity index (χ0v) is 11.8. The van der Waals surface area contributed by atoms with Crippen LogP contribution in [-0.2, 0) is 16.0 Å². The summed E-state index contributed by atoms with van der Waals surface area (Å²) in [5, 5.41) is 8.78. The van der Waals surface area contributed by atoms with Crippen molar-refractivity contribution in [3.05, 3.63) is 35.4 Å². The van der Waals surface area contributed by atoms with Gasteiger partial charge in [0.05, 0.1) is 0 Å². The number of carboxylic acid groups (broad SMARTS) is 1. The van der Waals surface area contributed by atoms with Crippen LogP contribution in [0.3, 0.4) is 0 Å². The van der Waals surface area contributed by atoms with E-state index in [0.717, 1.165) is 12.8 Å². The van der Waals surface area contributed by atoms with Crippen molar-refractivity contribution in [1.82, 2.24) is 4.90 Å². The molecule has 1 aromatic carbocycles. The zero-order valence-electron chi connectivity index (χ0n) is 11.8. The number of rotatable bonds is 5. The summed E-state index contributed by atoms with van der Waals surface area (Å²) in [4.78, 5) is 24.6. The molecule has 0 aromatic heterocycles. The van der Waals surface area contributed by atoms with Crippen LogP contribution in [0.4, 0.5) is 0 Å². The van der Waals surface area contributed by atoms with Crippen LogP contribution in [0, 0.1) is 12.8 Å². The quantitative estimate of drug-likeness (QED) is 0.896. The summed E-state index contributed by atoms with van der Waals surface area (Å²) < 4.78 is 0. The number of hydrogen-bond donors (Lipinski definition) is 1. The average molecular weight is 275 g/mol. The third kappa shape index (κ3) is 3.83. The number of likely N-dealkylation sites (tertiary alicyclic amines) is 1. The first kappa shape index (κ1) is 14.6. The molecule has 1 aliphatic rings. The minimum atomic E-state index is -0.774. The summed E-state index contributed by atoms with van der Waals surface area (Å²) in [5.74, 6) is -0.514. The molecule has 4 heteroatoms. The first-order valence-corrected chi connectivity index (χ1v) is 7.10. The lowest BCUT2D eigenvalue weighted by Gasteiger charge is -2.16. The van der Waals surface area contributed by atoms with Crippen molar-refractivity contribution in [2.75, 3.05) is 13.1 Å². The van der Waals surface area contributed by atoms with Crippen LogP contribution in [0.15, 0.2) is 24.3 Å². The van der Waals surface area contributed by atoms with Gasteiger partial charge in [0, 0.05) is 25.9 Å². The maximum absolute atomic E-state index is 12.1. The number of carboxylic acids is 1. The lowest BCUT2D eigenvalue weighted by molar-refractivity contribution is -0.138. The Kier molecular flexibility index (Phi) is 4.77. The fourth-order valence-electron chi connectivity index (χ4n) is 2.76. The largest absolute Gasteiger partial charge is 0.481 e. The van der Waals surface area contributed by atoms with Crippen molar-refractivity contribution in [3.8, 4) is 0 Å². The fourth-order valence-corrected chi connectivity index (χ4v) is 2.76. The van der Waals surface area contributed by atoms with E-state index in [0.29, 0.717) is 19.5 Å². The molecular formula is C16H21NO3. The van der Waals surface area contributed by atoms with Gasteiger partial charge in [0.2, 0.25) is 5.91 Å². The number of amides is 1. The van der Waals surface area contributed by atoms with Gasteiger partial charge in [-0.25, -0.2) is 0 Å². The molecule has 1 N–H and O–H groups in total. The molecule has 0 saturated carbocycles. The predicted molar refractivity (Wildman–Crippen MR) is 76.4 cm³/mol. The third-order valence-electron chi connectivity index (χ3n) is 3.97. The number of nitrogens with zero attached hydrogens (tertiary/aromatic N) is 1. The summed E-state index contributed by atoms with van der Waals surface area (Å²) in [5.41, 5.74) is 2.42. The van der Waals surface area contributed by atoms with Gasteiger partial charge in [-0.1, -0.05) is 24.3 Å². The number of carbonyl (C=O) groups excluding carboxylic acids is 1. The maximum atomic E-state index is 12.1. The van der Waals surface area contributed by atoms with E-state index in [1.165, 1.54) is 11.1 Å². The molecule has 1 atom stereocenters. The Bertz CT molecular complexity index is 498. The van der Waals surface area contributed by atoms with Gasteiger partial charge in [0.25, 0.3) is 0 Å². The van der Waals surface area contributed by atoms with Gasteiger partial charge < -0.3 is 10.0 Å². The van der Waals surface area contributed by atoms with E-state index in [1.54, 1.807) is 0 Å². The lowest BCUT2D eigenvalue weighted by Crippen LogP contribution is -2.29. The van der Waals surface area contributed by atoms with E-state index < -0.39 is 5.97 Å². The number of carbonyl (C=O) groups is 2. The molecule has 1 aromatic rings. The predicted octanol–water partition coefficient (Wildman–Crippen LogP) is 2.25. The molecule has 4 nitrogen and oxygen atoms in total. The summed E-state index contributed by atoms with van der Waals surface area (Å²) in [6.45, 7) is 3.35. The van der Waals surface area contributed by atoms with Gasteiger partial charge in [-0.3, -0.25) is 9.59 Å². The van der Waals surface area contributed by atoms with Crippen LogP contribution in [0.5, 0.6) is 0 Å². The first-order chi connectivity index (χ1) is 9.56. The van der Waals surface area contributed by atoms with Crippen molar-refractivity contribution in [1.29, 1.82) is 0 Å². The second-order valence-electron chi connectivity index (χ2n) is 5.52. The molecule has 0 radical (unpaired) electrons. The van der Waals surface area contributed by atoms with Gasteiger partial charge >= 0.3 is 5.97 Å². The molecule has 1 amide bonds. The smallest absolute Gasteiger partial charge is 0.303 e. The number of aryl methyl sites for hydroxylation is 2. The number of hydrogen-bond acceptors (Lipinski definition) is 2. The Balaban J connectivity index is 1.81. The fraction of sp³-hybridized carbons (Fsp3) is 0.500. The van der Waals surface area contributed by atoms with E-state index >= 15 is 0 Å². The molecule has 1 fully saturated rings. The molecule has 20 heavy (non-hydrogen) atoms. The van der Waals surface area contributed by atoms with Gasteiger partial charge in [0.15, 0.2) is 0 Å². The molecule has 0 aliphatic carbocycles. The highest BCUT2D eigenvalue weighted by molar-refractivity contribution is 5.77. The topological polar surface area (TPSA) is 57.6 Å². The zero-order chi connectivity index (χ0) is 14.5. The lowest BCUT2D eigenvalue weighted by atomic mass is 10.0. The van der Waals surface area contributed by atoms with Crippen molar-refractivity contribution in [2.24, 2.45) is 5.92 Å². The highest BCUT2D eigenvalue weighted by atomic mass is 16.4. The molecule has 1 saturated heterocycles. The van der Waals surface area contributed by atoms with Crippen LogP contribution in [-0.4, -0.2) is 35.0 Å². The molecule has 0 spiro atoms. The first-order valence-electron chi connectivity index (χ1n) is 7.10. The van der Waals surface area contributed by atoms with Gasteiger partial charge in [0.1, 0.15) is 0 Å². The molecule has 1 unspecified atom stereocenters. The third-order valence-corrected chi connectivity index (χ3v) is 3.97. The van der Waals surface area contributed by atoms with Crippen molar-refractivity contribution < 1.29 is 14.7 Å². The van der Waals surface area contributed by atoms with Crippen molar-refractivity contribution in [3.63, 3.8) is 0 Å². The Labute approximate surface area is 119 Å². The molecular weight excluding hydrogens is 254 g/mol. The minimum absolute atomic E-state index is 0.120. The summed E-state index contributed by atoms with van der Waals surface area (Å²) in [6, 6.07) is 8.10. The second-order valence-corrected chi connectivity index (χ2v) is 5.52. The van der Waals surface area contributed by atoms with Gasteiger partial charge in [-0.15, -0.1) is 0 Å². The van der Waals surface area contributed by atoms with E-state index in [4.69, 9.17) is 5.11 Å². The highest BCUT2D eigenvalue weighted by Gasteiger charge is 2.27. The Morgan fingerprint density at radius 1 is 1.35 bits per heavy atom. The van der Waals surface area contributed by atoms with E-state index in [9.17, 15) is 9.59 Å². The summed E-state index contributed by atoms with van der Waals surface area (Å²) in [6.07, 6.45) is 2.24. The van der Waals surface area contributed by atoms with Crippen LogP contribution < -0.4 is 0 Å². The SMILES string of the molecule is Cc1ccccc1CCC(=O)N1CCC(CC(=O)O)C1. The van der Waals surface area contributed by atoms with Crippen LogP contribution in [0.1, 0.15) is 30.4 Å². The van der Waals surface area contributed by atoms with Crippen molar-refractivity contribution in [2.45, 2.75) is 32.6 Å². The highest BCUT2D eigenvalue weighted by Crippen LogP contribution is 2.21. The average Bonchev–Trinajstić information content (AvgIpc) is 2.85. The monoisotopic (exact) mass is 275 g/mol. The Morgan fingerprint density at radius 3 is 2.80 bits per heavy atom. The van der Waals surface area contributed by atoms with E-state index in [2.05, 4.69) is 19.1 Å². The van der Waals surface area contributed by atoms with E-state index in [-0.39, 0.29) is 18.2 Å². The van der Waals surface area contributed by atoms with Crippen molar-refractivity contribution >= 4 is 11.9 Å². The van der Waals surface area contributed by atoms with Crippen LogP contribution in [0.25, 0.3) is 0 Å². The summed E-state index contributed by atoms with van der Waals surface area (Å²) >= 11 is 0. The molecule has 108 valence electrons. The van der Waals surface area contributed by atoms with E-state index in [1.807, 2.05) is 17.0 Å². The maximum Gasteiger partial charge on any atom is 0.303 e. The van der Waals surface area contributed by atoms with Gasteiger partial charge in [-0.2, -0.15) is 0 Å². The molecule has 1 heterocycles. The number of aliphatic carboxylic acids is 1. The van der Waals surface area contributed by atoms with Crippen LogP contribution >= 0.6 is 0 Å². The second kappa shape index (κ2) is 6.55. The van der Waals surface area contributed by atoms with Crippen LogP contribution in [0.2, 0.25) is 0 Å². The van der Waals surface area contributed by atoms with Gasteiger partial charge in [-0.05, 0) is 36.8 Å². The summed E-state index contributed by atoms with van der Waals surface area (Å²) in [7, 11) is 0. The number of benzene rings is 1. The Hall–Kier alpha value is -1.84.